The molecule has 0 spiro atoms. The summed E-state index contributed by atoms with van der Waals surface area (Å²) in [7, 11) is -3.98. The van der Waals surface area contributed by atoms with E-state index < -0.39 is 28.3 Å². The first kappa shape index (κ1) is 39.5. The second kappa shape index (κ2) is 18.5. The van der Waals surface area contributed by atoms with Crippen LogP contribution in [-0.4, -0.2) is 74.1 Å². The quantitative estimate of drug-likeness (QED) is 0.119. The molecule has 292 valence electrons. The molecule has 11 heteroatoms. The van der Waals surface area contributed by atoms with Gasteiger partial charge in [-0.15, -0.1) is 0 Å². The van der Waals surface area contributed by atoms with Gasteiger partial charge in [-0.1, -0.05) is 115 Å². The van der Waals surface area contributed by atoms with E-state index in [2.05, 4.69) is 50.2 Å². The van der Waals surface area contributed by atoms with E-state index in [0.29, 0.717) is 12.1 Å². The van der Waals surface area contributed by atoms with Crippen molar-refractivity contribution in [2.24, 2.45) is 0 Å². The number of benzene rings is 5. The van der Waals surface area contributed by atoms with Crippen LogP contribution in [0.3, 0.4) is 0 Å². The minimum absolute atomic E-state index is 0.0229. The maximum Gasteiger partial charge on any atom is 0.242 e. The molecule has 0 saturated carbocycles. The Kier molecular flexibility index (Phi) is 13.0. The summed E-state index contributed by atoms with van der Waals surface area (Å²) in [5, 5.41) is 12.5. The van der Waals surface area contributed by atoms with Crippen molar-refractivity contribution in [3.63, 3.8) is 0 Å². The molecule has 0 aromatic heterocycles. The van der Waals surface area contributed by atoms with Gasteiger partial charge in [0.05, 0.1) is 23.7 Å². The highest BCUT2D eigenvalue weighted by molar-refractivity contribution is 7.89. The highest BCUT2D eigenvalue weighted by atomic mass is 32.2. The number of ether oxygens (including phenoxy) is 2. The number of carbonyl (C=O) groups is 1. The highest BCUT2D eigenvalue weighted by Crippen LogP contribution is 2.38. The normalized spacial score (nSPS) is 20.0. The first-order valence-corrected chi connectivity index (χ1v) is 20.7. The van der Waals surface area contributed by atoms with Gasteiger partial charge in [0.2, 0.25) is 15.9 Å². The zero-order valence-electron chi connectivity index (χ0n) is 31.7. The summed E-state index contributed by atoms with van der Waals surface area (Å²) in [5.41, 5.74) is 6.27. The van der Waals surface area contributed by atoms with Crippen LogP contribution in [0.1, 0.15) is 52.2 Å². The maximum atomic E-state index is 13.7. The fourth-order valence-corrected chi connectivity index (χ4v) is 8.45. The SMILES string of the molecule is Cc1ccc(S(=O)(=O)NC(Cc2ccccc2)C(=O)Nc2ccc(C3OC(CN4CCN(Cc5ccccc5)CC4)CC(c4ccc(CO)cc4)O3)cc2)cc1. The number of rotatable bonds is 14. The van der Waals surface area contributed by atoms with Crippen molar-refractivity contribution in [2.75, 3.05) is 38.0 Å². The Bertz CT molecular complexity index is 2110. The third-order valence-electron chi connectivity index (χ3n) is 10.5. The van der Waals surface area contributed by atoms with E-state index in [-0.39, 0.29) is 30.1 Å². The zero-order chi connectivity index (χ0) is 38.9. The number of anilines is 1. The van der Waals surface area contributed by atoms with E-state index in [4.69, 9.17) is 9.47 Å². The Hall–Kier alpha value is -4.72. The molecule has 2 aliphatic heterocycles. The molecule has 10 nitrogen and oxygen atoms in total. The molecule has 4 atom stereocenters. The van der Waals surface area contributed by atoms with Gasteiger partial charge in [0.25, 0.3) is 0 Å². The fraction of sp³-hybridized carbons (Fsp3) is 0.311. The third kappa shape index (κ3) is 10.6. The van der Waals surface area contributed by atoms with Crippen LogP contribution in [0.5, 0.6) is 0 Å². The Morgan fingerprint density at radius 1 is 0.732 bits per heavy atom. The molecule has 2 fully saturated rings. The van der Waals surface area contributed by atoms with Crippen LogP contribution in [0, 0.1) is 6.92 Å². The van der Waals surface area contributed by atoms with Crippen molar-refractivity contribution in [1.29, 1.82) is 0 Å². The van der Waals surface area contributed by atoms with E-state index in [9.17, 15) is 18.3 Å². The minimum atomic E-state index is -3.98. The van der Waals surface area contributed by atoms with Crippen molar-refractivity contribution in [3.05, 3.63) is 167 Å². The second-order valence-corrected chi connectivity index (χ2v) is 16.4. The Morgan fingerprint density at radius 2 is 1.34 bits per heavy atom. The van der Waals surface area contributed by atoms with Crippen molar-refractivity contribution in [2.45, 2.75) is 62.4 Å². The summed E-state index contributed by atoms with van der Waals surface area (Å²) < 4.78 is 42.6. The van der Waals surface area contributed by atoms with Crippen LogP contribution < -0.4 is 10.0 Å². The predicted molar refractivity (Wildman–Crippen MR) is 217 cm³/mol. The van der Waals surface area contributed by atoms with Crippen LogP contribution >= 0.6 is 0 Å². The number of nitrogens with zero attached hydrogens (tertiary/aromatic N) is 2. The van der Waals surface area contributed by atoms with Crippen LogP contribution in [0.4, 0.5) is 5.69 Å². The Morgan fingerprint density at radius 3 is 1.98 bits per heavy atom. The molecule has 2 heterocycles. The number of nitrogens with one attached hydrogen (secondary N) is 2. The summed E-state index contributed by atoms with van der Waals surface area (Å²) in [6.07, 6.45) is -0.0899. The largest absolute Gasteiger partial charge is 0.392 e. The maximum absolute atomic E-state index is 13.7. The molecular weight excluding hydrogens is 725 g/mol. The smallest absolute Gasteiger partial charge is 0.242 e. The van der Waals surface area contributed by atoms with Crippen LogP contribution in [0.2, 0.25) is 0 Å². The molecule has 5 aromatic carbocycles. The number of amides is 1. The lowest BCUT2D eigenvalue weighted by atomic mass is 9.99. The molecule has 0 aliphatic carbocycles. The number of aliphatic hydroxyl groups is 1. The van der Waals surface area contributed by atoms with E-state index in [1.165, 1.54) is 17.7 Å². The summed E-state index contributed by atoms with van der Waals surface area (Å²) in [5.74, 6) is -0.474. The standard InChI is InChI=1S/C45H50N4O6S/c1-33-12-22-41(23-13-33)56(52,53)47-42(28-34-8-4-2-5-9-34)44(51)46-39-20-18-38(19-21-39)45-54-40(29-43(55-45)37-16-14-36(32-50)15-17-37)31-49-26-24-48(25-27-49)30-35-10-6-3-7-11-35/h2-23,40,42-43,45,47,50H,24-32H2,1H3,(H,46,51). The van der Waals surface area contributed by atoms with Gasteiger partial charge in [-0.3, -0.25) is 14.6 Å². The number of piperazine rings is 1. The highest BCUT2D eigenvalue weighted by Gasteiger charge is 2.34. The fourth-order valence-electron chi connectivity index (χ4n) is 7.26. The molecule has 2 saturated heterocycles. The number of aliphatic hydroxyl groups excluding tert-OH is 1. The summed E-state index contributed by atoms with van der Waals surface area (Å²) in [4.78, 5) is 18.8. The molecule has 4 unspecified atom stereocenters. The van der Waals surface area contributed by atoms with Gasteiger partial charge in [0, 0.05) is 56.9 Å². The lowest BCUT2D eigenvalue weighted by Crippen LogP contribution is -2.49. The van der Waals surface area contributed by atoms with Gasteiger partial charge in [0.15, 0.2) is 6.29 Å². The molecular formula is C45H50N4O6S. The van der Waals surface area contributed by atoms with Gasteiger partial charge in [-0.05, 0) is 59.9 Å². The van der Waals surface area contributed by atoms with E-state index in [0.717, 1.165) is 67.1 Å². The van der Waals surface area contributed by atoms with Gasteiger partial charge >= 0.3 is 0 Å². The molecule has 7 rings (SSSR count). The summed E-state index contributed by atoms with van der Waals surface area (Å²) >= 11 is 0. The topological polar surface area (TPSA) is 120 Å². The monoisotopic (exact) mass is 774 g/mol. The van der Waals surface area contributed by atoms with Gasteiger partial charge in [-0.25, -0.2) is 8.42 Å². The predicted octanol–water partition coefficient (Wildman–Crippen LogP) is 6.38. The first-order chi connectivity index (χ1) is 27.2. The van der Waals surface area contributed by atoms with Gasteiger partial charge < -0.3 is 19.9 Å². The molecule has 3 N–H and O–H groups in total. The van der Waals surface area contributed by atoms with Crippen molar-refractivity contribution >= 4 is 21.6 Å². The number of hydrogen-bond acceptors (Lipinski definition) is 8. The number of hydrogen-bond donors (Lipinski definition) is 3. The lowest BCUT2D eigenvalue weighted by molar-refractivity contribution is -0.253. The molecule has 1 amide bonds. The molecule has 56 heavy (non-hydrogen) atoms. The second-order valence-electron chi connectivity index (χ2n) is 14.7. The summed E-state index contributed by atoms with van der Waals surface area (Å²) in [6.45, 7) is 7.47. The third-order valence-corrected chi connectivity index (χ3v) is 12.0. The van der Waals surface area contributed by atoms with E-state index in [1.54, 1.807) is 24.3 Å². The molecule has 5 aromatic rings. The number of aryl methyl sites for hydroxylation is 1. The average molecular weight is 775 g/mol. The lowest BCUT2D eigenvalue weighted by Gasteiger charge is -2.40. The average Bonchev–Trinajstić information content (AvgIpc) is 3.22. The van der Waals surface area contributed by atoms with Gasteiger partial charge in [0.1, 0.15) is 6.04 Å². The van der Waals surface area contributed by atoms with Crippen LogP contribution in [0.15, 0.2) is 138 Å². The van der Waals surface area contributed by atoms with Crippen molar-refractivity contribution in [3.8, 4) is 0 Å². The molecule has 2 aliphatic rings. The van der Waals surface area contributed by atoms with Gasteiger partial charge in [-0.2, -0.15) is 4.72 Å². The van der Waals surface area contributed by atoms with E-state index in [1.807, 2.05) is 73.7 Å². The van der Waals surface area contributed by atoms with Crippen LogP contribution in [0.25, 0.3) is 0 Å². The summed E-state index contributed by atoms with van der Waals surface area (Å²) in [6, 6.07) is 40.6. The molecule has 0 radical (unpaired) electrons. The van der Waals surface area contributed by atoms with Crippen LogP contribution in [-0.2, 0) is 43.9 Å². The minimum Gasteiger partial charge on any atom is -0.392 e. The zero-order valence-corrected chi connectivity index (χ0v) is 32.5. The number of carbonyl (C=O) groups excluding carboxylic acids is 1. The van der Waals surface area contributed by atoms with Crippen molar-refractivity contribution < 1.29 is 27.8 Å². The van der Waals surface area contributed by atoms with E-state index >= 15 is 0 Å². The number of sulfonamides is 1. The Balaban J connectivity index is 1.03. The molecule has 0 bridgehead atoms. The first-order valence-electron chi connectivity index (χ1n) is 19.2. The Labute approximate surface area is 330 Å². The van der Waals surface area contributed by atoms with Crippen molar-refractivity contribution in [1.82, 2.24) is 14.5 Å².